The Hall–Kier alpha value is -4.22. The average Bonchev–Trinajstić information content (AvgIpc) is 3.91. The summed E-state index contributed by atoms with van der Waals surface area (Å²) in [7, 11) is 7.41. The van der Waals surface area contributed by atoms with E-state index in [1.807, 2.05) is 32.8 Å². The zero-order chi connectivity index (χ0) is 48.3. The Morgan fingerprint density at radius 3 is 2.12 bits per heavy atom. The first-order chi connectivity index (χ1) is 31.0. The maximum Gasteiger partial charge on any atom is 0.345 e. The first kappa shape index (κ1) is 48.2. The van der Waals surface area contributed by atoms with E-state index >= 15 is 4.79 Å². The van der Waals surface area contributed by atoms with Crippen molar-refractivity contribution in [3.8, 4) is 5.75 Å². The highest BCUT2D eigenvalue weighted by Crippen LogP contribution is 2.50. The zero-order valence-corrected chi connectivity index (χ0v) is 38.7. The number of aromatic hydroxyl groups is 1. The van der Waals surface area contributed by atoms with Crippen LogP contribution in [0.4, 0.5) is 0 Å². The topological polar surface area (TPSA) is 263 Å². The lowest BCUT2D eigenvalue weighted by Gasteiger charge is -2.52. The number of fused-ring (bicyclic) bond motifs is 4. The van der Waals surface area contributed by atoms with Gasteiger partial charge < -0.3 is 72.7 Å². The second-order valence-corrected chi connectivity index (χ2v) is 18.8. The molecule has 1 aliphatic carbocycles. The largest absolute Gasteiger partial charge is 0.507 e. The second kappa shape index (κ2) is 17.1. The number of nitrogens with zero attached hydrogens (tertiary/aromatic N) is 1. The number of aliphatic hydroxyl groups is 4. The molecule has 19 nitrogen and oxygen atoms in total. The van der Waals surface area contributed by atoms with Gasteiger partial charge in [0.15, 0.2) is 23.1 Å². The molecule has 0 radical (unpaired) electrons. The monoisotopic (exact) mass is 925 g/mol. The fourth-order valence-electron chi connectivity index (χ4n) is 10.4. The quantitative estimate of drug-likeness (QED) is 0.112. The van der Waals surface area contributed by atoms with Crippen molar-refractivity contribution < 1.29 is 82.2 Å². The van der Waals surface area contributed by atoms with E-state index in [9.17, 15) is 39.9 Å². The van der Waals surface area contributed by atoms with Crippen LogP contribution in [0.15, 0.2) is 33.5 Å². The Kier molecular flexibility index (Phi) is 12.5. The molecule has 4 unspecified atom stereocenters. The third kappa shape index (κ3) is 7.25. The SMILES string of the molecule is COC(=O)C(O)(c1cc2c(c3oc(C4(C)OC4C)cc(=O)c13)C(=O)c1c(ccc([C@@H]3C[C@@](C)(N(C)C)[C@H](O[C@H]4C[C@H](OC)[C@@H](O)[C@@H](C)O4)[C@H](C)O3)c1O)C2=O)C1O[C@@H](C)[C@@H](O)[C@@H](OC)[C@H]1O. The van der Waals surface area contributed by atoms with Crippen molar-refractivity contribution in [3.05, 3.63) is 73.6 Å². The van der Waals surface area contributed by atoms with Crippen LogP contribution in [0.1, 0.15) is 109 Å². The Morgan fingerprint density at radius 1 is 0.848 bits per heavy atom. The molecule has 0 bridgehead atoms. The normalized spacial score (nSPS) is 37.6. The molecule has 4 saturated heterocycles. The van der Waals surface area contributed by atoms with Crippen LogP contribution in [-0.2, 0) is 53.9 Å². The van der Waals surface area contributed by atoms with Gasteiger partial charge in [0.1, 0.15) is 53.7 Å². The van der Waals surface area contributed by atoms with E-state index < -0.39 is 158 Å². The summed E-state index contributed by atoms with van der Waals surface area (Å²) >= 11 is 0. The van der Waals surface area contributed by atoms with Gasteiger partial charge in [0.2, 0.25) is 11.4 Å². The average molecular weight is 926 g/mol. The van der Waals surface area contributed by atoms with Crippen LogP contribution in [0.2, 0.25) is 0 Å². The van der Waals surface area contributed by atoms with Crippen molar-refractivity contribution in [1.82, 2.24) is 4.90 Å². The molecule has 66 heavy (non-hydrogen) atoms. The number of carbonyl (C=O) groups is 3. The summed E-state index contributed by atoms with van der Waals surface area (Å²) in [6, 6.07) is 4.93. The maximum atomic E-state index is 15.1. The van der Waals surface area contributed by atoms with E-state index in [2.05, 4.69) is 0 Å². The summed E-state index contributed by atoms with van der Waals surface area (Å²) in [6.07, 6.45) is -12.6. The van der Waals surface area contributed by atoms with Gasteiger partial charge in [-0.25, -0.2) is 4.79 Å². The molecule has 4 aliphatic heterocycles. The van der Waals surface area contributed by atoms with Crippen molar-refractivity contribution in [2.24, 2.45) is 0 Å². The van der Waals surface area contributed by atoms with Crippen LogP contribution in [0, 0.1) is 0 Å². The van der Waals surface area contributed by atoms with E-state index in [-0.39, 0.29) is 29.7 Å². The van der Waals surface area contributed by atoms with Crippen molar-refractivity contribution >= 4 is 28.5 Å². The van der Waals surface area contributed by atoms with Crippen LogP contribution < -0.4 is 5.43 Å². The molecule has 16 atom stereocenters. The van der Waals surface area contributed by atoms with Gasteiger partial charge in [-0.05, 0) is 74.2 Å². The summed E-state index contributed by atoms with van der Waals surface area (Å²) in [5.74, 6) is -3.77. The lowest BCUT2D eigenvalue weighted by molar-refractivity contribution is -0.300. The summed E-state index contributed by atoms with van der Waals surface area (Å²) in [5.41, 5.74) is -8.32. The number of likely N-dealkylation sites (N-methyl/N-ethyl adjacent to an activating group) is 1. The summed E-state index contributed by atoms with van der Waals surface area (Å²) in [6.45, 7) is 10.3. The molecule has 0 amide bonds. The number of ketones is 2. The smallest absolute Gasteiger partial charge is 0.345 e. The van der Waals surface area contributed by atoms with E-state index in [1.54, 1.807) is 20.8 Å². The molecule has 5 N–H and O–H groups in total. The number of esters is 1. The minimum absolute atomic E-state index is 0.0334. The summed E-state index contributed by atoms with van der Waals surface area (Å²) in [4.78, 5) is 60.5. The fourth-order valence-corrected chi connectivity index (χ4v) is 10.4. The molecule has 360 valence electrons. The summed E-state index contributed by atoms with van der Waals surface area (Å²) < 4.78 is 53.2. The molecule has 3 aromatic rings. The van der Waals surface area contributed by atoms with Gasteiger partial charge in [0.05, 0.1) is 60.2 Å². The number of phenols is 1. The number of epoxide rings is 1. The number of aliphatic hydroxyl groups excluding tert-OH is 3. The first-order valence-electron chi connectivity index (χ1n) is 22.0. The number of rotatable bonds is 10. The highest BCUT2D eigenvalue weighted by molar-refractivity contribution is 6.32. The second-order valence-electron chi connectivity index (χ2n) is 18.8. The fraction of sp³-hybridized carbons (Fsp3) is 0.617. The minimum atomic E-state index is -3.10. The summed E-state index contributed by atoms with van der Waals surface area (Å²) in [5, 5.41) is 57.3. The molecule has 1 aromatic heterocycles. The highest BCUT2D eigenvalue weighted by Gasteiger charge is 2.60. The van der Waals surface area contributed by atoms with E-state index in [4.69, 9.17) is 42.3 Å². The van der Waals surface area contributed by atoms with E-state index in [0.29, 0.717) is 0 Å². The van der Waals surface area contributed by atoms with E-state index in [0.717, 1.165) is 19.2 Å². The van der Waals surface area contributed by atoms with Gasteiger partial charge in [0.25, 0.3) is 0 Å². The van der Waals surface area contributed by atoms with Crippen molar-refractivity contribution in [2.45, 2.75) is 151 Å². The number of methoxy groups -OCH3 is 3. The van der Waals surface area contributed by atoms with Gasteiger partial charge in [-0.1, -0.05) is 6.07 Å². The van der Waals surface area contributed by atoms with Gasteiger partial charge in [0, 0.05) is 54.5 Å². The number of carbonyl (C=O) groups excluding carboxylic acids is 3. The Bertz CT molecular complexity index is 2510. The number of phenolic OH excluding ortho intramolecular Hbond substituents is 1. The first-order valence-corrected chi connectivity index (χ1v) is 22.0. The highest BCUT2D eigenvalue weighted by atomic mass is 16.7. The molecule has 5 aliphatic rings. The zero-order valence-electron chi connectivity index (χ0n) is 38.7. The Balaban J connectivity index is 1.25. The number of hydrogen-bond acceptors (Lipinski definition) is 19. The van der Waals surface area contributed by atoms with E-state index in [1.165, 1.54) is 33.3 Å². The minimum Gasteiger partial charge on any atom is -0.507 e. The maximum absolute atomic E-state index is 15.1. The van der Waals surface area contributed by atoms with Gasteiger partial charge in [-0.15, -0.1) is 0 Å². The molecule has 4 fully saturated rings. The van der Waals surface area contributed by atoms with Crippen LogP contribution in [-0.4, -0.2) is 162 Å². The third-order valence-electron chi connectivity index (χ3n) is 14.8. The predicted octanol–water partition coefficient (Wildman–Crippen LogP) is 1.86. The molecule has 0 spiro atoms. The Labute approximate surface area is 380 Å². The van der Waals surface area contributed by atoms with Crippen LogP contribution in [0.3, 0.4) is 0 Å². The lowest BCUT2D eigenvalue weighted by Crippen LogP contribution is -2.65. The number of ether oxygens (including phenoxy) is 8. The standard InChI is InChI=1S/C47H59NO18/c1-18-34(50)27(58-9)16-30(62-18)65-42-20(3)61-28(17-45(42,5)48(7)8)22-12-13-23-31(37(22)53)38(54)32-24(36(23)52)14-25(33-26(49)15-29(64-40(32)33)46(6)21(4)66-46)47(57,44(56)60-11)43-39(55)41(59-10)35(51)19(2)63-43/h12-15,18-21,27-28,30,34-35,39,41-43,50-51,53,55,57H,16-17H2,1-11H3/t18-,19+,20+,21?,27+,28+,30+,34+,35-,39-,41-,42-,43?,45-,46?,47?/m1/s1. The third-order valence-corrected chi connectivity index (χ3v) is 14.8. The van der Waals surface area contributed by atoms with Gasteiger partial charge in [-0.3, -0.25) is 14.4 Å². The molecule has 2 aromatic carbocycles. The molecular formula is C47H59NO18. The molecule has 5 heterocycles. The Morgan fingerprint density at radius 2 is 1.52 bits per heavy atom. The van der Waals surface area contributed by atoms with Crippen LogP contribution >= 0.6 is 0 Å². The van der Waals surface area contributed by atoms with Crippen LogP contribution in [0.25, 0.3) is 11.0 Å². The number of benzene rings is 2. The molecular weight excluding hydrogens is 867 g/mol. The molecule has 8 rings (SSSR count). The van der Waals surface area contributed by atoms with Crippen molar-refractivity contribution in [3.63, 3.8) is 0 Å². The van der Waals surface area contributed by atoms with Crippen molar-refractivity contribution in [1.29, 1.82) is 0 Å². The van der Waals surface area contributed by atoms with Gasteiger partial charge in [-0.2, -0.15) is 0 Å². The van der Waals surface area contributed by atoms with Gasteiger partial charge >= 0.3 is 5.97 Å². The predicted molar refractivity (Wildman–Crippen MR) is 229 cm³/mol. The van der Waals surface area contributed by atoms with Crippen molar-refractivity contribution in [2.75, 3.05) is 35.4 Å². The molecule has 19 heteroatoms. The number of hydrogen-bond donors (Lipinski definition) is 5. The lowest BCUT2D eigenvalue weighted by atomic mass is 9.74. The van der Waals surface area contributed by atoms with Crippen LogP contribution in [0.5, 0.6) is 5.75 Å². The molecule has 0 saturated carbocycles.